The second-order valence-electron chi connectivity index (χ2n) is 6.83. The van der Waals surface area contributed by atoms with Crippen LogP contribution in [0.3, 0.4) is 0 Å². The Morgan fingerprint density at radius 3 is 2.34 bits per heavy atom. The molecule has 0 fully saturated rings. The molecule has 0 spiro atoms. The molecule has 146 valence electrons. The zero-order valence-electron chi connectivity index (χ0n) is 16.6. The molecule has 0 radical (unpaired) electrons. The number of ether oxygens (including phenoxy) is 1. The Morgan fingerprint density at radius 2 is 1.59 bits per heavy atom. The maximum Gasteiger partial charge on any atom is 0.196 e. The van der Waals surface area contributed by atoms with Crippen LogP contribution in [0.2, 0.25) is 0 Å². The Balaban J connectivity index is 1.67. The zero-order chi connectivity index (χ0) is 20.1. The van der Waals surface area contributed by atoms with Gasteiger partial charge in [-0.1, -0.05) is 78.0 Å². The van der Waals surface area contributed by atoms with E-state index in [2.05, 4.69) is 76.3 Å². The molecule has 0 unspecified atom stereocenters. The van der Waals surface area contributed by atoms with Gasteiger partial charge in [-0.3, -0.25) is 4.57 Å². The second-order valence-corrected chi connectivity index (χ2v) is 7.78. The van der Waals surface area contributed by atoms with Crippen LogP contribution in [0.5, 0.6) is 5.75 Å². The van der Waals surface area contributed by atoms with Crippen molar-refractivity contribution in [3.63, 3.8) is 0 Å². The Kier molecular flexibility index (Phi) is 5.96. The number of aromatic nitrogens is 3. The van der Waals surface area contributed by atoms with Crippen molar-refractivity contribution in [3.05, 3.63) is 101 Å². The minimum absolute atomic E-state index is 0.733. The average Bonchev–Trinajstić information content (AvgIpc) is 3.16. The third kappa shape index (κ3) is 4.51. The Morgan fingerprint density at radius 1 is 0.862 bits per heavy atom. The molecule has 4 nitrogen and oxygen atoms in total. The standard InChI is InChI=1S/C24H23N3OS/c1-18-12-14-21(15-13-18)27-23(16-19-8-4-3-5-9-19)25-26-24(27)29-17-20-10-6-7-11-22(20)28-2/h3-15H,16-17H2,1-2H3. The van der Waals surface area contributed by atoms with Crippen molar-refractivity contribution >= 4 is 11.8 Å². The summed E-state index contributed by atoms with van der Waals surface area (Å²) >= 11 is 1.67. The third-order valence-electron chi connectivity index (χ3n) is 4.75. The number of nitrogens with zero attached hydrogens (tertiary/aromatic N) is 3. The fourth-order valence-corrected chi connectivity index (χ4v) is 4.17. The van der Waals surface area contributed by atoms with Gasteiger partial charge in [-0.2, -0.15) is 0 Å². The van der Waals surface area contributed by atoms with Crippen LogP contribution in [0.25, 0.3) is 5.69 Å². The molecule has 0 aliphatic heterocycles. The lowest BCUT2D eigenvalue weighted by Gasteiger charge is -2.12. The molecular formula is C24H23N3OS. The van der Waals surface area contributed by atoms with Crippen LogP contribution in [-0.2, 0) is 12.2 Å². The maximum absolute atomic E-state index is 5.49. The van der Waals surface area contributed by atoms with Crippen LogP contribution < -0.4 is 4.74 Å². The van der Waals surface area contributed by atoms with E-state index in [4.69, 9.17) is 4.74 Å². The Labute approximate surface area is 175 Å². The van der Waals surface area contributed by atoms with Gasteiger partial charge in [0.05, 0.1) is 7.11 Å². The first-order chi connectivity index (χ1) is 14.2. The van der Waals surface area contributed by atoms with Crippen LogP contribution in [0.4, 0.5) is 0 Å². The lowest BCUT2D eigenvalue weighted by molar-refractivity contribution is 0.411. The number of aryl methyl sites for hydroxylation is 1. The van der Waals surface area contributed by atoms with Gasteiger partial charge in [0.15, 0.2) is 5.16 Å². The van der Waals surface area contributed by atoms with Crippen molar-refractivity contribution in [1.29, 1.82) is 0 Å². The molecule has 0 amide bonds. The maximum atomic E-state index is 5.49. The minimum atomic E-state index is 0.733. The summed E-state index contributed by atoms with van der Waals surface area (Å²) in [6.07, 6.45) is 0.733. The number of hydrogen-bond donors (Lipinski definition) is 0. The molecule has 1 heterocycles. The topological polar surface area (TPSA) is 39.9 Å². The molecular weight excluding hydrogens is 378 g/mol. The highest BCUT2D eigenvalue weighted by Gasteiger charge is 2.16. The lowest BCUT2D eigenvalue weighted by Crippen LogP contribution is -2.04. The van der Waals surface area contributed by atoms with Gasteiger partial charge in [-0.25, -0.2) is 0 Å². The number of thioether (sulfide) groups is 1. The summed E-state index contributed by atoms with van der Waals surface area (Å²) in [6, 6.07) is 27.0. The van der Waals surface area contributed by atoms with Crippen molar-refractivity contribution in [2.45, 2.75) is 24.3 Å². The molecule has 0 bridgehead atoms. The molecule has 0 aliphatic rings. The quantitative estimate of drug-likeness (QED) is 0.385. The van der Waals surface area contributed by atoms with Crippen molar-refractivity contribution < 1.29 is 4.74 Å². The van der Waals surface area contributed by atoms with Crippen molar-refractivity contribution in [2.24, 2.45) is 0 Å². The van der Waals surface area contributed by atoms with E-state index in [1.165, 1.54) is 11.1 Å². The number of para-hydroxylation sites is 1. The highest BCUT2D eigenvalue weighted by Crippen LogP contribution is 2.29. The monoisotopic (exact) mass is 401 g/mol. The Hall–Kier alpha value is -3.05. The fourth-order valence-electron chi connectivity index (χ4n) is 3.20. The normalized spacial score (nSPS) is 10.8. The highest BCUT2D eigenvalue weighted by molar-refractivity contribution is 7.98. The number of methoxy groups -OCH3 is 1. The molecule has 4 rings (SSSR count). The molecule has 0 saturated heterocycles. The number of hydrogen-bond acceptors (Lipinski definition) is 4. The van der Waals surface area contributed by atoms with Crippen LogP contribution >= 0.6 is 11.8 Å². The molecule has 29 heavy (non-hydrogen) atoms. The SMILES string of the molecule is COc1ccccc1CSc1nnc(Cc2ccccc2)n1-c1ccc(C)cc1. The number of rotatable bonds is 7. The summed E-state index contributed by atoms with van der Waals surface area (Å²) in [6.45, 7) is 2.10. The lowest BCUT2D eigenvalue weighted by atomic mass is 10.1. The predicted octanol–water partition coefficient (Wildman–Crippen LogP) is 5.47. The summed E-state index contributed by atoms with van der Waals surface area (Å²) in [7, 11) is 1.70. The third-order valence-corrected chi connectivity index (χ3v) is 5.72. The number of benzene rings is 3. The van der Waals surface area contributed by atoms with Crippen LogP contribution in [0.1, 0.15) is 22.5 Å². The summed E-state index contributed by atoms with van der Waals surface area (Å²) in [5.74, 6) is 2.59. The van der Waals surface area contributed by atoms with Crippen molar-refractivity contribution in [1.82, 2.24) is 14.8 Å². The van der Waals surface area contributed by atoms with Gasteiger partial charge in [0.25, 0.3) is 0 Å². The molecule has 3 aromatic carbocycles. The van der Waals surface area contributed by atoms with E-state index in [1.807, 2.05) is 24.3 Å². The van der Waals surface area contributed by atoms with Gasteiger partial charge >= 0.3 is 0 Å². The molecule has 0 aliphatic carbocycles. The molecule has 0 saturated carbocycles. The summed E-state index contributed by atoms with van der Waals surface area (Å²) in [5.41, 5.74) is 4.67. The van der Waals surface area contributed by atoms with Gasteiger partial charge in [0.2, 0.25) is 0 Å². The van der Waals surface area contributed by atoms with E-state index < -0.39 is 0 Å². The van der Waals surface area contributed by atoms with E-state index in [9.17, 15) is 0 Å². The van der Waals surface area contributed by atoms with E-state index in [1.54, 1.807) is 18.9 Å². The van der Waals surface area contributed by atoms with Gasteiger partial charge < -0.3 is 4.74 Å². The Bertz CT molecular complexity index is 1070. The second kappa shape index (κ2) is 8.97. The van der Waals surface area contributed by atoms with Crippen LogP contribution in [0.15, 0.2) is 84.0 Å². The summed E-state index contributed by atoms with van der Waals surface area (Å²) < 4.78 is 7.65. The first-order valence-electron chi connectivity index (χ1n) is 9.54. The summed E-state index contributed by atoms with van der Waals surface area (Å²) in [5, 5.41) is 9.92. The average molecular weight is 402 g/mol. The molecule has 4 aromatic rings. The predicted molar refractivity (Wildman–Crippen MR) is 118 cm³/mol. The van der Waals surface area contributed by atoms with Crippen molar-refractivity contribution in [2.75, 3.05) is 7.11 Å². The molecule has 5 heteroatoms. The van der Waals surface area contributed by atoms with E-state index in [0.29, 0.717) is 0 Å². The largest absolute Gasteiger partial charge is 0.496 e. The zero-order valence-corrected chi connectivity index (χ0v) is 17.4. The highest BCUT2D eigenvalue weighted by atomic mass is 32.2. The van der Waals surface area contributed by atoms with Gasteiger partial charge in [0.1, 0.15) is 11.6 Å². The van der Waals surface area contributed by atoms with Crippen LogP contribution in [0, 0.1) is 6.92 Å². The fraction of sp³-hybridized carbons (Fsp3) is 0.167. The first-order valence-corrected chi connectivity index (χ1v) is 10.5. The van der Waals surface area contributed by atoms with E-state index in [0.717, 1.165) is 40.2 Å². The summed E-state index contributed by atoms with van der Waals surface area (Å²) in [4.78, 5) is 0. The van der Waals surface area contributed by atoms with Gasteiger partial charge in [-0.15, -0.1) is 10.2 Å². The first kappa shape index (κ1) is 19.3. The molecule has 0 atom stereocenters. The van der Waals surface area contributed by atoms with Crippen molar-refractivity contribution in [3.8, 4) is 11.4 Å². The van der Waals surface area contributed by atoms with Gasteiger partial charge in [0, 0.05) is 23.4 Å². The van der Waals surface area contributed by atoms with Gasteiger partial charge in [-0.05, 0) is 30.7 Å². The van der Waals surface area contributed by atoms with E-state index in [-0.39, 0.29) is 0 Å². The smallest absolute Gasteiger partial charge is 0.196 e. The van der Waals surface area contributed by atoms with Crippen LogP contribution in [-0.4, -0.2) is 21.9 Å². The molecule has 0 N–H and O–H groups in total. The minimum Gasteiger partial charge on any atom is -0.496 e. The van der Waals surface area contributed by atoms with E-state index >= 15 is 0 Å². The molecule has 1 aromatic heterocycles.